The van der Waals surface area contributed by atoms with E-state index in [9.17, 15) is 27.2 Å². The predicted molar refractivity (Wildman–Crippen MR) is 129 cm³/mol. The van der Waals surface area contributed by atoms with Crippen LogP contribution in [-0.2, 0) is 18.3 Å². The van der Waals surface area contributed by atoms with E-state index in [1.807, 2.05) is 0 Å². The molecule has 196 valence electrons. The second-order valence-electron chi connectivity index (χ2n) is 9.84. The third kappa shape index (κ3) is 4.92. The molecule has 3 atom stereocenters. The van der Waals surface area contributed by atoms with Gasteiger partial charge in [0.25, 0.3) is 5.92 Å². The number of benzene rings is 1. The maximum atomic E-state index is 14.8. The molecule has 2 aliphatic heterocycles. The Balaban J connectivity index is 1.29. The number of amides is 1. The number of aromatic nitrogens is 3. The van der Waals surface area contributed by atoms with Crippen molar-refractivity contribution in [2.75, 3.05) is 18.4 Å². The second kappa shape index (κ2) is 9.44. The zero-order chi connectivity index (χ0) is 26.5. The van der Waals surface area contributed by atoms with E-state index in [2.05, 4.69) is 10.3 Å². The van der Waals surface area contributed by atoms with Crippen molar-refractivity contribution in [1.82, 2.24) is 19.0 Å². The Morgan fingerprint density at radius 1 is 1.14 bits per heavy atom. The highest BCUT2D eigenvalue weighted by Crippen LogP contribution is 2.40. The van der Waals surface area contributed by atoms with Gasteiger partial charge in [-0.3, -0.25) is 14.5 Å². The highest BCUT2D eigenvalue weighted by atomic mass is 19.3. The summed E-state index contributed by atoms with van der Waals surface area (Å²) in [6.45, 7) is 1.64. The molecule has 37 heavy (non-hydrogen) atoms. The Morgan fingerprint density at radius 2 is 1.86 bits per heavy atom. The lowest BCUT2D eigenvalue weighted by atomic mass is 9.87. The molecule has 0 saturated carbocycles. The van der Waals surface area contributed by atoms with Gasteiger partial charge in [-0.2, -0.15) is 0 Å². The van der Waals surface area contributed by atoms with Crippen molar-refractivity contribution in [3.8, 4) is 0 Å². The van der Waals surface area contributed by atoms with Gasteiger partial charge < -0.3 is 14.5 Å². The molecule has 1 amide bonds. The number of hydrogen-bond donors (Lipinski definition) is 1. The first kappa shape index (κ1) is 25.2. The van der Waals surface area contributed by atoms with Gasteiger partial charge in [-0.15, -0.1) is 0 Å². The molecule has 11 heteroatoms. The van der Waals surface area contributed by atoms with Crippen LogP contribution < -0.4 is 10.9 Å². The van der Waals surface area contributed by atoms with Crippen molar-refractivity contribution in [3.05, 3.63) is 81.7 Å². The fourth-order valence-electron chi connectivity index (χ4n) is 5.29. The summed E-state index contributed by atoms with van der Waals surface area (Å²) in [4.78, 5) is 30.9. The average Bonchev–Trinajstić information content (AvgIpc) is 3.40. The normalized spacial score (nSPS) is 22.0. The minimum absolute atomic E-state index is 0.0384. The summed E-state index contributed by atoms with van der Waals surface area (Å²) in [7, 11) is 1.51. The molecular weight excluding hydrogens is 490 g/mol. The number of hydrogen-bond acceptors (Lipinski definition) is 4. The van der Waals surface area contributed by atoms with E-state index in [1.165, 1.54) is 42.1 Å². The number of fused-ring (bicyclic) bond motifs is 1. The summed E-state index contributed by atoms with van der Waals surface area (Å²) in [5, 5.41) is 2.76. The number of nitrogens with zero attached hydrogens (tertiary/aromatic N) is 4. The third-order valence-electron chi connectivity index (χ3n) is 7.40. The SMILES string of the molecule is C[C@@H](C(=O)Nc1cn2c(n1)CC[C@@H]2c1cc(F)cc(F)c1)N1CCC(F)(F)C(c2ccc(=O)n(C)c2)C1. The van der Waals surface area contributed by atoms with E-state index >= 15 is 0 Å². The molecule has 5 rings (SSSR count). The second-order valence-corrected chi connectivity index (χ2v) is 9.84. The van der Waals surface area contributed by atoms with Gasteiger partial charge in [0.1, 0.15) is 17.5 Å². The summed E-state index contributed by atoms with van der Waals surface area (Å²) < 4.78 is 60.2. The number of carbonyl (C=O) groups is 1. The number of rotatable bonds is 5. The molecule has 2 aliphatic rings. The molecule has 1 saturated heterocycles. The molecule has 3 aromatic rings. The number of alkyl halides is 2. The van der Waals surface area contributed by atoms with Crippen LogP contribution >= 0.6 is 0 Å². The molecule has 7 nitrogen and oxygen atoms in total. The van der Waals surface area contributed by atoms with Crippen LogP contribution in [0, 0.1) is 11.6 Å². The van der Waals surface area contributed by atoms with Crippen LogP contribution in [0.2, 0.25) is 0 Å². The van der Waals surface area contributed by atoms with Crippen LogP contribution in [0.25, 0.3) is 0 Å². The van der Waals surface area contributed by atoms with Crippen molar-refractivity contribution in [1.29, 1.82) is 0 Å². The number of likely N-dealkylation sites (tertiary alicyclic amines) is 1. The quantitative estimate of drug-likeness (QED) is 0.522. The maximum absolute atomic E-state index is 14.8. The molecule has 1 fully saturated rings. The summed E-state index contributed by atoms with van der Waals surface area (Å²) in [5.41, 5.74) is 0.539. The van der Waals surface area contributed by atoms with Gasteiger partial charge in [-0.1, -0.05) is 6.07 Å². The first-order valence-corrected chi connectivity index (χ1v) is 12.1. The van der Waals surface area contributed by atoms with Gasteiger partial charge in [0.2, 0.25) is 11.5 Å². The Kier molecular flexibility index (Phi) is 6.43. The highest BCUT2D eigenvalue weighted by Gasteiger charge is 2.46. The van der Waals surface area contributed by atoms with Gasteiger partial charge in [-0.05, 0) is 36.6 Å². The zero-order valence-electron chi connectivity index (χ0n) is 20.4. The Labute approximate surface area is 210 Å². The van der Waals surface area contributed by atoms with Crippen LogP contribution in [0.3, 0.4) is 0 Å². The molecule has 0 radical (unpaired) electrons. The number of halogens is 4. The van der Waals surface area contributed by atoms with Crippen LogP contribution in [0.15, 0.2) is 47.5 Å². The Hall–Kier alpha value is -3.47. The van der Waals surface area contributed by atoms with E-state index in [0.29, 0.717) is 35.6 Å². The summed E-state index contributed by atoms with van der Waals surface area (Å²) in [6.07, 6.45) is 3.85. The molecule has 4 heterocycles. The third-order valence-corrected chi connectivity index (χ3v) is 7.40. The maximum Gasteiger partial charge on any atom is 0.257 e. The minimum Gasteiger partial charge on any atom is -0.325 e. The number of nitrogens with one attached hydrogen (secondary N) is 1. The number of piperidine rings is 1. The smallest absolute Gasteiger partial charge is 0.257 e. The predicted octanol–water partition coefficient (Wildman–Crippen LogP) is 3.85. The fraction of sp³-hybridized carbons (Fsp3) is 0.423. The molecule has 1 N–H and O–H groups in total. The topological polar surface area (TPSA) is 72.2 Å². The van der Waals surface area contributed by atoms with Crippen molar-refractivity contribution < 1.29 is 22.4 Å². The largest absolute Gasteiger partial charge is 0.325 e. The zero-order valence-corrected chi connectivity index (χ0v) is 20.4. The standard InChI is InChI=1S/C26H27F4N5O2/c1-15(34-8-7-26(29,30)20(13-34)16-3-6-24(36)33(2)12-16)25(37)32-22-14-35-21(4-5-23(35)31-22)17-9-18(27)11-19(28)10-17/h3,6,9-12,14-15,20-21H,4-5,7-8,13H2,1-2H3,(H,32,37)/t15-,20?,21+/m0/s1. The van der Waals surface area contributed by atoms with Gasteiger partial charge >= 0.3 is 0 Å². The average molecular weight is 518 g/mol. The van der Waals surface area contributed by atoms with Crippen LogP contribution in [0.4, 0.5) is 23.4 Å². The highest BCUT2D eigenvalue weighted by molar-refractivity contribution is 5.93. The van der Waals surface area contributed by atoms with Crippen molar-refractivity contribution >= 4 is 11.7 Å². The van der Waals surface area contributed by atoms with Crippen molar-refractivity contribution in [2.24, 2.45) is 7.05 Å². The van der Waals surface area contributed by atoms with Crippen LogP contribution in [0.5, 0.6) is 0 Å². The summed E-state index contributed by atoms with van der Waals surface area (Å²) in [6, 6.07) is 5.07. The van der Waals surface area contributed by atoms with Crippen LogP contribution in [-0.4, -0.2) is 50.0 Å². The van der Waals surface area contributed by atoms with Crippen LogP contribution in [0.1, 0.15) is 48.7 Å². The number of imidazole rings is 1. The Morgan fingerprint density at radius 3 is 2.57 bits per heavy atom. The van der Waals surface area contributed by atoms with Gasteiger partial charge in [0.15, 0.2) is 5.82 Å². The molecule has 0 bridgehead atoms. The number of pyridine rings is 1. The van der Waals surface area contributed by atoms with E-state index in [1.54, 1.807) is 22.6 Å². The molecule has 0 spiro atoms. The number of anilines is 1. The molecule has 1 aromatic carbocycles. The van der Waals surface area contributed by atoms with Gasteiger partial charge in [0.05, 0.1) is 18.0 Å². The molecular formula is C26H27F4N5O2. The van der Waals surface area contributed by atoms with E-state index < -0.39 is 41.8 Å². The molecule has 1 unspecified atom stereocenters. The first-order valence-electron chi connectivity index (χ1n) is 12.1. The number of aryl methyl sites for hydroxylation is 2. The minimum atomic E-state index is -2.97. The monoisotopic (exact) mass is 517 g/mol. The fourth-order valence-corrected chi connectivity index (χ4v) is 5.29. The van der Waals surface area contributed by atoms with E-state index in [4.69, 9.17) is 0 Å². The lowest BCUT2D eigenvalue weighted by Gasteiger charge is -2.40. The van der Waals surface area contributed by atoms with E-state index in [-0.39, 0.29) is 24.7 Å². The first-order chi connectivity index (χ1) is 17.5. The van der Waals surface area contributed by atoms with E-state index in [0.717, 1.165) is 6.07 Å². The summed E-state index contributed by atoms with van der Waals surface area (Å²) in [5.74, 6) is -4.86. The Bertz CT molecular complexity index is 1380. The molecule has 0 aliphatic carbocycles. The summed E-state index contributed by atoms with van der Waals surface area (Å²) >= 11 is 0. The van der Waals surface area contributed by atoms with Crippen molar-refractivity contribution in [3.63, 3.8) is 0 Å². The lowest BCUT2D eigenvalue weighted by Crippen LogP contribution is -2.52. The van der Waals surface area contributed by atoms with Gasteiger partial charge in [0, 0.05) is 57.5 Å². The van der Waals surface area contributed by atoms with Gasteiger partial charge in [-0.25, -0.2) is 22.5 Å². The lowest BCUT2D eigenvalue weighted by molar-refractivity contribution is -0.125. The van der Waals surface area contributed by atoms with Crippen molar-refractivity contribution in [2.45, 2.75) is 50.1 Å². The number of carbonyl (C=O) groups excluding carboxylic acids is 1. The molecule has 2 aromatic heterocycles.